The third-order valence-electron chi connectivity index (χ3n) is 2.87. The van der Waals surface area contributed by atoms with Crippen LogP contribution in [-0.4, -0.2) is 19.1 Å². The van der Waals surface area contributed by atoms with Crippen LogP contribution in [0.3, 0.4) is 0 Å². The summed E-state index contributed by atoms with van der Waals surface area (Å²) in [6.45, 7) is 4.18. The van der Waals surface area contributed by atoms with E-state index in [1.54, 1.807) is 36.4 Å². The summed E-state index contributed by atoms with van der Waals surface area (Å²) in [5.41, 5.74) is 1.64. The molecule has 0 unspecified atom stereocenters. The second kappa shape index (κ2) is 8.46. The molecule has 2 rings (SSSR count). The number of benzene rings is 2. The summed E-state index contributed by atoms with van der Waals surface area (Å²) < 4.78 is 5.38. The lowest BCUT2D eigenvalue weighted by Crippen LogP contribution is -2.20. The van der Waals surface area contributed by atoms with E-state index in [2.05, 4.69) is 17.2 Å². The molecule has 0 saturated heterocycles. The third-order valence-corrected chi connectivity index (χ3v) is 3.40. The second-order valence-corrected chi connectivity index (χ2v) is 5.50. The largest absolute Gasteiger partial charge is 0.482 e. The van der Waals surface area contributed by atoms with Crippen LogP contribution >= 0.6 is 23.2 Å². The predicted octanol–water partition coefficient (Wildman–Crippen LogP) is 4.61. The molecule has 0 bridgehead atoms. The Morgan fingerprint density at radius 1 is 1.13 bits per heavy atom. The molecule has 0 aliphatic carbocycles. The number of carbonyl (C=O) groups is 1. The molecule has 2 aromatic rings. The molecule has 0 spiro atoms. The Morgan fingerprint density at radius 3 is 2.48 bits per heavy atom. The fourth-order valence-corrected chi connectivity index (χ4v) is 2.26. The minimum Gasteiger partial charge on any atom is -0.482 e. The number of nitrogens with one attached hydrogen (secondary N) is 2. The molecule has 2 N–H and O–H groups in total. The van der Waals surface area contributed by atoms with Gasteiger partial charge in [0.15, 0.2) is 6.61 Å². The van der Waals surface area contributed by atoms with Gasteiger partial charge in [-0.3, -0.25) is 4.79 Å². The van der Waals surface area contributed by atoms with Crippen LogP contribution in [0.5, 0.6) is 5.75 Å². The molecule has 0 aromatic heterocycles. The van der Waals surface area contributed by atoms with E-state index in [1.807, 2.05) is 12.1 Å². The van der Waals surface area contributed by atoms with Gasteiger partial charge >= 0.3 is 0 Å². The zero-order valence-corrected chi connectivity index (χ0v) is 13.8. The van der Waals surface area contributed by atoms with Crippen molar-refractivity contribution in [2.75, 3.05) is 23.8 Å². The van der Waals surface area contributed by atoms with E-state index in [4.69, 9.17) is 27.9 Å². The Kier molecular flexibility index (Phi) is 6.32. The summed E-state index contributed by atoms with van der Waals surface area (Å²) in [7, 11) is 0. The number of halogens is 2. The van der Waals surface area contributed by atoms with Gasteiger partial charge in [-0.2, -0.15) is 0 Å². The molecule has 0 radical (unpaired) electrons. The lowest BCUT2D eigenvalue weighted by atomic mass is 10.2. The number of hydrogen-bond acceptors (Lipinski definition) is 3. The smallest absolute Gasteiger partial charge is 0.262 e. The van der Waals surface area contributed by atoms with E-state index in [1.165, 1.54) is 0 Å². The van der Waals surface area contributed by atoms with E-state index >= 15 is 0 Å². The van der Waals surface area contributed by atoms with Crippen LogP contribution < -0.4 is 15.4 Å². The van der Waals surface area contributed by atoms with Gasteiger partial charge < -0.3 is 15.4 Å². The highest BCUT2D eigenvalue weighted by Gasteiger charge is 2.07. The predicted molar refractivity (Wildman–Crippen MR) is 95.7 cm³/mol. The fraction of sp³-hybridized carbons (Fsp3) is 0.118. The van der Waals surface area contributed by atoms with E-state index in [9.17, 15) is 4.79 Å². The van der Waals surface area contributed by atoms with Gasteiger partial charge in [-0.1, -0.05) is 29.3 Å². The molecular weight excluding hydrogens is 335 g/mol. The molecule has 6 heteroatoms. The van der Waals surface area contributed by atoms with Gasteiger partial charge in [0.1, 0.15) is 5.75 Å². The molecule has 0 atom stereocenters. The average Bonchev–Trinajstić information content (AvgIpc) is 2.53. The summed E-state index contributed by atoms with van der Waals surface area (Å²) in [4.78, 5) is 11.9. The van der Waals surface area contributed by atoms with Gasteiger partial charge in [0.25, 0.3) is 5.91 Å². The molecular formula is C17H16Cl2N2O2. The Morgan fingerprint density at radius 2 is 1.83 bits per heavy atom. The van der Waals surface area contributed by atoms with Crippen molar-refractivity contribution in [3.8, 4) is 5.75 Å². The minimum absolute atomic E-state index is 0.141. The SMILES string of the molecule is C=CCNc1ccc(NC(=O)COc2ccc(Cl)cc2Cl)cc1. The number of amides is 1. The topological polar surface area (TPSA) is 50.4 Å². The molecule has 0 aliphatic heterocycles. The maximum atomic E-state index is 11.9. The van der Waals surface area contributed by atoms with Gasteiger partial charge in [-0.15, -0.1) is 6.58 Å². The van der Waals surface area contributed by atoms with Crippen molar-refractivity contribution in [1.82, 2.24) is 0 Å². The molecule has 23 heavy (non-hydrogen) atoms. The molecule has 0 heterocycles. The van der Waals surface area contributed by atoms with Gasteiger partial charge in [0.2, 0.25) is 0 Å². The molecule has 0 aliphatic rings. The Balaban J connectivity index is 1.85. The van der Waals surface area contributed by atoms with Crippen molar-refractivity contribution in [3.63, 3.8) is 0 Å². The van der Waals surface area contributed by atoms with Crippen molar-refractivity contribution in [3.05, 3.63) is 65.2 Å². The fourth-order valence-electron chi connectivity index (χ4n) is 1.79. The maximum absolute atomic E-state index is 11.9. The Labute approximate surface area is 145 Å². The molecule has 120 valence electrons. The van der Waals surface area contributed by atoms with Gasteiger partial charge in [0, 0.05) is 22.9 Å². The zero-order chi connectivity index (χ0) is 16.7. The van der Waals surface area contributed by atoms with Crippen LogP contribution in [0.15, 0.2) is 55.1 Å². The summed E-state index contributed by atoms with van der Waals surface area (Å²) in [5, 5.41) is 6.77. The van der Waals surface area contributed by atoms with Gasteiger partial charge in [-0.25, -0.2) is 0 Å². The monoisotopic (exact) mass is 350 g/mol. The lowest BCUT2D eigenvalue weighted by molar-refractivity contribution is -0.118. The first-order valence-corrected chi connectivity index (χ1v) is 7.66. The van der Waals surface area contributed by atoms with Crippen molar-refractivity contribution >= 4 is 40.5 Å². The first kappa shape index (κ1) is 17.2. The van der Waals surface area contributed by atoms with Crippen LogP contribution in [0, 0.1) is 0 Å². The Hall–Kier alpha value is -2.17. The van der Waals surface area contributed by atoms with Crippen LogP contribution in [0.1, 0.15) is 0 Å². The highest BCUT2D eigenvalue weighted by atomic mass is 35.5. The lowest BCUT2D eigenvalue weighted by Gasteiger charge is -2.10. The number of hydrogen-bond donors (Lipinski definition) is 2. The van der Waals surface area contributed by atoms with E-state index < -0.39 is 0 Å². The normalized spacial score (nSPS) is 10.0. The second-order valence-electron chi connectivity index (χ2n) is 4.66. The number of rotatable bonds is 7. The average molecular weight is 351 g/mol. The van der Waals surface area contributed by atoms with Gasteiger partial charge in [0.05, 0.1) is 5.02 Å². The molecule has 0 saturated carbocycles. The number of carbonyl (C=O) groups excluding carboxylic acids is 1. The van der Waals surface area contributed by atoms with E-state index in [0.29, 0.717) is 28.0 Å². The standard InChI is InChI=1S/C17H16Cl2N2O2/c1-2-9-20-13-4-6-14(7-5-13)21-17(22)11-23-16-8-3-12(18)10-15(16)19/h2-8,10,20H,1,9,11H2,(H,21,22). The molecule has 1 amide bonds. The summed E-state index contributed by atoms with van der Waals surface area (Å²) >= 11 is 11.8. The summed E-state index contributed by atoms with van der Waals surface area (Å²) in [6, 6.07) is 12.2. The minimum atomic E-state index is -0.275. The summed E-state index contributed by atoms with van der Waals surface area (Å²) in [6.07, 6.45) is 1.77. The van der Waals surface area contributed by atoms with Crippen LogP contribution in [0.2, 0.25) is 10.0 Å². The number of ether oxygens (including phenoxy) is 1. The molecule has 4 nitrogen and oxygen atoms in total. The zero-order valence-electron chi connectivity index (χ0n) is 12.3. The first-order valence-electron chi connectivity index (χ1n) is 6.91. The maximum Gasteiger partial charge on any atom is 0.262 e. The van der Waals surface area contributed by atoms with Gasteiger partial charge in [-0.05, 0) is 42.5 Å². The van der Waals surface area contributed by atoms with Crippen LogP contribution in [-0.2, 0) is 4.79 Å². The first-order chi connectivity index (χ1) is 11.1. The van der Waals surface area contributed by atoms with Crippen molar-refractivity contribution in [2.45, 2.75) is 0 Å². The molecule has 0 fully saturated rings. The quantitative estimate of drug-likeness (QED) is 0.717. The summed E-state index contributed by atoms with van der Waals surface area (Å²) in [5.74, 6) is 0.137. The van der Waals surface area contributed by atoms with E-state index in [-0.39, 0.29) is 12.5 Å². The third kappa shape index (κ3) is 5.51. The van der Waals surface area contributed by atoms with Crippen molar-refractivity contribution < 1.29 is 9.53 Å². The van der Waals surface area contributed by atoms with Crippen molar-refractivity contribution in [1.29, 1.82) is 0 Å². The van der Waals surface area contributed by atoms with E-state index in [0.717, 1.165) is 5.69 Å². The highest BCUT2D eigenvalue weighted by molar-refractivity contribution is 6.35. The Bertz CT molecular complexity index is 687. The highest BCUT2D eigenvalue weighted by Crippen LogP contribution is 2.27. The van der Waals surface area contributed by atoms with Crippen LogP contribution in [0.25, 0.3) is 0 Å². The van der Waals surface area contributed by atoms with Crippen molar-refractivity contribution in [2.24, 2.45) is 0 Å². The van der Waals surface area contributed by atoms with Crippen LogP contribution in [0.4, 0.5) is 11.4 Å². The molecule has 2 aromatic carbocycles. The number of anilines is 2.